The molecule has 5 heteroatoms. The van der Waals surface area contributed by atoms with E-state index in [-0.39, 0.29) is 11.8 Å². The van der Waals surface area contributed by atoms with Crippen molar-refractivity contribution in [2.45, 2.75) is 32.6 Å². The van der Waals surface area contributed by atoms with E-state index in [1.54, 1.807) is 0 Å². The van der Waals surface area contributed by atoms with Crippen LogP contribution in [0.25, 0.3) is 0 Å². The van der Waals surface area contributed by atoms with Crippen LogP contribution in [0.3, 0.4) is 0 Å². The highest BCUT2D eigenvalue weighted by Crippen LogP contribution is 2.22. The van der Waals surface area contributed by atoms with Crippen LogP contribution in [0.1, 0.15) is 42.1 Å². The highest BCUT2D eigenvalue weighted by atomic mass is 32.2. The van der Waals surface area contributed by atoms with Crippen molar-refractivity contribution < 1.29 is 13.2 Å². The van der Waals surface area contributed by atoms with E-state index in [2.05, 4.69) is 5.32 Å². The molecule has 116 valence electrons. The lowest BCUT2D eigenvalue weighted by Gasteiger charge is -2.21. The maximum absolute atomic E-state index is 11.8. The minimum Gasteiger partial charge on any atom is -0.352 e. The largest absolute Gasteiger partial charge is 0.352 e. The third-order valence-electron chi connectivity index (χ3n) is 3.83. The van der Waals surface area contributed by atoms with E-state index in [4.69, 9.17) is 0 Å². The fourth-order valence-electron chi connectivity index (χ4n) is 2.74. The molecule has 0 bridgehead atoms. The number of hydrogen-bond donors (Lipinski definition) is 1. The molecule has 1 aromatic carbocycles. The molecule has 1 aromatic rings. The Morgan fingerprint density at radius 1 is 1.29 bits per heavy atom. The molecule has 1 atom stereocenters. The minimum absolute atomic E-state index is 0.0522. The number of sulfone groups is 1. The molecular formula is C16H23NO3S. The molecule has 4 nitrogen and oxygen atoms in total. The van der Waals surface area contributed by atoms with Gasteiger partial charge in [0.25, 0.3) is 5.91 Å². The predicted octanol–water partition coefficient (Wildman–Crippen LogP) is 2.19. The lowest BCUT2D eigenvalue weighted by atomic mass is 9.96. The first-order chi connectivity index (χ1) is 10.00. The number of carbonyl (C=O) groups excluding carboxylic acids is 1. The molecule has 21 heavy (non-hydrogen) atoms. The van der Waals surface area contributed by atoms with Gasteiger partial charge in [0.15, 0.2) is 9.84 Å². The summed E-state index contributed by atoms with van der Waals surface area (Å²) < 4.78 is 23.3. The summed E-state index contributed by atoms with van der Waals surface area (Å²) in [4.78, 5) is 11.8. The Labute approximate surface area is 126 Å². The molecule has 1 fully saturated rings. The molecule has 0 aliphatic carbocycles. The second kappa shape index (κ2) is 7.07. The topological polar surface area (TPSA) is 63.2 Å². The standard InChI is InChI=1S/C16H23NO3S/c1-2-9-17-16(18)15-7-5-13(6-8-15)11-14-4-3-10-21(19,20)12-14/h5-8,14H,2-4,9-12H2,1H3,(H,17,18)/t14-/m0/s1. The van der Waals surface area contributed by atoms with Gasteiger partial charge in [0.1, 0.15) is 0 Å². The maximum atomic E-state index is 11.8. The Balaban J connectivity index is 1.94. The molecule has 0 spiro atoms. The molecule has 0 saturated carbocycles. The molecule has 0 aromatic heterocycles. The summed E-state index contributed by atoms with van der Waals surface area (Å²) in [5.41, 5.74) is 1.76. The maximum Gasteiger partial charge on any atom is 0.251 e. The Kier molecular flexibility index (Phi) is 5.39. The second-order valence-corrected chi connectivity index (χ2v) is 8.01. The highest BCUT2D eigenvalue weighted by Gasteiger charge is 2.24. The van der Waals surface area contributed by atoms with Crippen LogP contribution in [0.2, 0.25) is 0 Å². The van der Waals surface area contributed by atoms with Gasteiger partial charge in [0.2, 0.25) is 0 Å². The van der Waals surface area contributed by atoms with Crippen LogP contribution in [-0.4, -0.2) is 32.4 Å². The second-order valence-electron chi connectivity index (χ2n) is 5.78. The van der Waals surface area contributed by atoms with Gasteiger partial charge in [0.05, 0.1) is 11.5 Å². The quantitative estimate of drug-likeness (QED) is 0.907. The van der Waals surface area contributed by atoms with Crippen LogP contribution >= 0.6 is 0 Å². The van der Waals surface area contributed by atoms with Gasteiger partial charge in [-0.25, -0.2) is 8.42 Å². The Morgan fingerprint density at radius 3 is 2.62 bits per heavy atom. The summed E-state index contributed by atoms with van der Waals surface area (Å²) in [5, 5.41) is 2.84. The average Bonchev–Trinajstić information content (AvgIpc) is 2.44. The van der Waals surface area contributed by atoms with Gasteiger partial charge >= 0.3 is 0 Å². The van der Waals surface area contributed by atoms with Gasteiger partial charge in [0, 0.05) is 12.1 Å². The van der Waals surface area contributed by atoms with Gasteiger partial charge < -0.3 is 5.32 Å². The van der Waals surface area contributed by atoms with Crippen molar-refractivity contribution in [1.29, 1.82) is 0 Å². The number of carbonyl (C=O) groups is 1. The number of rotatable bonds is 5. The number of hydrogen-bond acceptors (Lipinski definition) is 3. The van der Waals surface area contributed by atoms with Crippen LogP contribution < -0.4 is 5.32 Å². The van der Waals surface area contributed by atoms with Gasteiger partial charge in [-0.15, -0.1) is 0 Å². The lowest BCUT2D eigenvalue weighted by Crippen LogP contribution is -2.26. The highest BCUT2D eigenvalue weighted by molar-refractivity contribution is 7.91. The molecule has 2 rings (SSSR count). The zero-order chi connectivity index (χ0) is 15.3. The fourth-order valence-corrected chi connectivity index (χ4v) is 4.52. The van der Waals surface area contributed by atoms with E-state index in [1.807, 2.05) is 31.2 Å². The Morgan fingerprint density at radius 2 is 2.00 bits per heavy atom. The van der Waals surface area contributed by atoms with Crippen LogP contribution in [0, 0.1) is 5.92 Å². The third-order valence-corrected chi connectivity index (χ3v) is 5.72. The van der Waals surface area contributed by atoms with Crippen molar-refractivity contribution >= 4 is 15.7 Å². The summed E-state index contributed by atoms with van der Waals surface area (Å²) >= 11 is 0. The summed E-state index contributed by atoms with van der Waals surface area (Å²) in [7, 11) is -2.85. The molecule has 1 heterocycles. The van der Waals surface area contributed by atoms with Gasteiger partial charge in [-0.05, 0) is 49.3 Å². The van der Waals surface area contributed by atoms with E-state index in [0.29, 0.717) is 23.6 Å². The van der Waals surface area contributed by atoms with Crippen LogP contribution in [-0.2, 0) is 16.3 Å². The first-order valence-electron chi connectivity index (χ1n) is 7.58. The van der Waals surface area contributed by atoms with E-state index in [9.17, 15) is 13.2 Å². The van der Waals surface area contributed by atoms with Gasteiger partial charge in [-0.1, -0.05) is 19.1 Å². The zero-order valence-corrected chi connectivity index (χ0v) is 13.3. The Hall–Kier alpha value is -1.36. The summed E-state index contributed by atoms with van der Waals surface area (Å²) in [6, 6.07) is 7.50. The van der Waals surface area contributed by atoms with E-state index < -0.39 is 9.84 Å². The molecular weight excluding hydrogens is 286 g/mol. The van der Waals surface area contributed by atoms with Crippen LogP contribution in [0.5, 0.6) is 0 Å². The van der Waals surface area contributed by atoms with E-state index in [1.165, 1.54) is 0 Å². The smallest absolute Gasteiger partial charge is 0.251 e. The van der Waals surface area contributed by atoms with Crippen LogP contribution in [0.15, 0.2) is 24.3 Å². The normalized spacial score (nSPS) is 20.9. The summed E-state index contributed by atoms with van der Waals surface area (Å²) in [5.74, 6) is 0.790. The SMILES string of the molecule is CCCNC(=O)c1ccc(C[C@@H]2CCCS(=O)(=O)C2)cc1. The van der Waals surface area contributed by atoms with Crippen molar-refractivity contribution in [1.82, 2.24) is 5.32 Å². The van der Waals surface area contributed by atoms with Crippen molar-refractivity contribution in [2.24, 2.45) is 5.92 Å². The first-order valence-corrected chi connectivity index (χ1v) is 9.40. The van der Waals surface area contributed by atoms with E-state index in [0.717, 1.165) is 31.2 Å². The lowest BCUT2D eigenvalue weighted by molar-refractivity contribution is 0.0953. The van der Waals surface area contributed by atoms with Crippen molar-refractivity contribution in [2.75, 3.05) is 18.1 Å². The van der Waals surface area contributed by atoms with Crippen LogP contribution in [0.4, 0.5) is 0 Å². The van der Waals surface area contributed by atoms with Gasteiger partial charge in [-0.2, -0.15) is 0 Å². The summed E-state index contributed by atoms with van der Waals surface area (Å²) in [6.07, 6.45) is 3.43. The molecule has 1 N–H and O–H groups in total. The van der Waals surface area contributed by atoms with Crippen molar-refractivity contribution in [3.63, 3.8) is 0 Å². The molecule has 1 aliphatic rings. The third kappa shape index (κ3) is 4.84. The van der Waals surface area contributed by atoms with Crippen molar-refractivity contribution in [3.05, 3.63) is 35.4 Å². The zero-order valence-electron chi connectivity index (χ0n) is 12.5. The first kappa shape index (κ1) is 16.0. The molecule has 0 unspecified atom stereocenters. The fraction of sp³-hybridized carbons (Fsp3) is 0.562. The predicted molar refractivity (Wildman–Crippen MR) is 84.1 cm³/mol. The van der Waals surface area contributed by atoms with Gasteiger partial charge in [-0.3, -0.25) is 4.79 Å². The van der Waals surface area contributed by atoms with E-state index >= 15 is 0 Å². The molecule has 1 aliphatic heterocycles. The molecule has 1 saturated heterocycles. The minimum atomic E-state index is -2.85. The number of nitrogens with one attached hydrogen (secondary N) is 1. The number of benzene rings is 1. The number of amides is 1. The van der Waals surface area contributed by atoms with Crippen molar-refractivity contribution in [3.8, 4) is 0 Å². The average molecular weight is 309 g/mol. The molecule has 0 radical (unpaired) electrons. The summed E-state index contributed by atoms with van der Waals surface area (Å²) in [6.45, 7) is 2.70. The monoisotopic (exact) mass is 309 g/mol. The molecule has 1 amide bonds. The Bertz CT molecular complexity index is 578.